The molecule has 0 amide bonds. The Bertz CT molecular complexity index is 247. The number of hydrogen-bond donors (Lipinski definition) is 0. The molecule has 16 heavy (non-hydrogen) atoms. The van der Waals surface area contributed by atoms with Gasteiger partial charge in [0.1, 0.15) is 11.4 Å². The smallest absolute Gasteiger partial charge is 0.308 e. The van der Waals surface area contributed by atoms with Crippen LogP contribution in [0.2, 0.25) is 0 Å². The Morgan fingerprint density at radius 3 is 2.06 bits per heavy atom. The van der Waals surface area contributed by atoms with E-state index in [4.69, 9.17) is 9.05 Å². The van der Waals surface area contributed by atoms with Crippen molar-refractivity contribution in [1.29, 1.82) is 0 Å². The summed E-state index contributed by atoms with van der Waals surface area (Å²) in [5.74, 6) is 0.420. The molecule has 0 heterocycles. The van der Waals surface area contributed by atoms with Gasteiger partial charge in [0.15, 0.2) is 0 Å². The lowest BCUT2D eigenvalue weighted by atomic mass is 10.2. The van der Waals surface area contributed by atoms with Gasteiger partial charge in [-0.1, -0.05) is 6.92 Å². The van der Waals surface area contributed by atoms with Crippen molar-refractivity contribution in [2.45, 2.75) is 32.9 Å². The molecule has 0 rings (SSSR count). The van der Waals surface area contributed by atoms with Crippen molar-refractivity contribution < 1.29 is 18.4 Å². The van der Waals surface area contributed by atoms with Gasteiger partial charge in [-0.2, -0.15) is 11.8 Å². The molecule has 4 nitrogen and oxygen atoms in total. The van der Waals surface area contributed by atoms with E-state index < -0.39 is 13.3 Å². The Morgan fingerprint density at radius 1 is 1.25 bits per heavy atom. The van der Waals surface area contributed by atoms with Gasteiger partial charge in [0.2, 0.25) is 0 Å². The third-order valence-corrected chi connectivity index (χ3v) is 5.43. The number of thioether (sulfide) groups is 1. The first-order valence-corrected chi connectivity index (χ1v) is 8.46. The molecule has 0 saturated heterocycles. The minimum absolute atomic E-state index is 0.0559. The number of carbonyl (C=O) groups is 1. The molecule has 1 unspecified atom stereocenters. The molecule has 0 spiro atoms. The zero-order valence-electron chi connectivity index (χ0n) is 10.4. The summed E-state index contributed by atoms with van der Waals surface area (Å²) in [5, 5.41) is 0. The Hall–Kier alpha value is 0.170. The van der Waals surface area contributed by atoms with Crippen molar-refractivity contribution in [2.24, 2.45) is 0 Å². The second-order valence-electron chi connectivity index (χ2n) is 3.17. The molecule has 1 atom stereocenters. The van der Waals surface area contributed by atoms with Crippen LogP contribution in [0.5, 0.6) is 0 Å². The van der Waals surface area contributed by atoms with Crippen LogP contribution in [0.25, 0.3) is 0 Å². The molecule has 0 aliphatic carbocycles. The van der Waals surface area contributed by atoms with E-state index in [2.05, 4.69) is 0 Å². The molecule has 0 bridgehead atoms. The molecule has 0 aromatic heterocycles. The largest absolute Gasteiger partial charge is 0.341 e. The third kappa shape index (κ3) is 4.58. The summed E-state index contributed by atoms with van der Waals surface area (Å²) in [4.78, 5) is 11.8. The maximum Gasteiger partial charge on any atom is 0.341 e. The predicted octanol–water partition coefficient (Wildman–Crippen LogP) is 2.96. The molecule has 6 heteroatoms. The van der Waals surface area contributed by atoms with Crippen molar-refractivity contribution in [3.05, 3.63) is 0 Å². The molecule has 0 N–H and O–H groups in total. The molecule has 0 aliphatic rings. The van der Waals surface area contributed by atoms with Crippen LogP contribution in [-0.4, -0.2) is 36.7 Å². The summed E-state index contributed by atoms with van der Waals surface area (Å²) in [6.07, 6.45) is 2.23. The lowest BCUT2D eigenvalue weighted by Crippen LogP contribution is -2.25. The first-order chi connectivity index (χ1) is 7.55. The van der Waals surface area contributed by atoms with E-state index in [1.54, 1.807) is 20.8 Å². The van der Waals surface area contributed by atoms with Crippen LogP contribution >= 0.6 is 19.4 Å². The fourth-order valence-corrected chi connectivity index (χ4v) is 4.70. The average Bonchev–Trinajstić information content (AvgIpc) is 2.25. The lowest BCUT2D eigenvalue weighted by molar-refractivity contribution is -0.118. The zero-order chi connectivity index (χ0) is 12.6. The first-order valence-electron chi connectivity index (χ1n) is 5.46. The minimum Gasteiger partial charge on any atom is -0.308 e. The molecule has 0 saturated carbocycles. The summed E-state index contributed by atoms with van der Waals surface area (Å²) in [6.45, 7) is 5.84. The highest BCUT2D eigenvalue weighted by atomic mass is 32.2. The van der Waals surface area contributed by atoms with Crippen LogP contribution in [0.4, 0.5) is 0 Å². The third-order valence-electron chi connectivity index (χ3n) is 2.04. The van der Waals surface area contributed by atoms with Gasteiger partial charge in [0, 0.05) is 12.2 Å². The van der Waals surface area contributed by atoms with Crippen molar-refractivity contribution >= 4 is 25.1 Å². The van der Waals surface area contributed by atoms with Crippen LogP contribution in [0.15, 0.2) is 0 Å². The normalized spacial score (nSPS) is 13.8. The number of Topliss-reactive ketones (excluding diaryl/α,β-unsaturated/α-hetero) is 1. The second kappa shape index (κ2) is 8.29. The monoisotopic (exact) mass is 268 g/mol. The van der Waals surface area contributed by atoms with E-state index in [0.29, 0.717) is 25.4 Å². The Morgan fingerprint density at radius 2 is 1.75 bits per heavy atom. The minimum atomic E-state index is -3.29. The van der Waals surface area contributed by atoms with Crippen LogP contribution in [0.1, 0.15) is 27.2 Å². The summed E-state index contributed by atoms with van der Waals surface area (Å²) >= 11 is 1.48. The number of ketones is 1. The van der Waals surface area contributed by atoms with E-state index in [1.807, 2.05) is 6.26 Å². The summed E-state index contributed by atoms with van der Waals surface area (Å²) in [5.41, 5.74) is -0.632. The molecule has 0 aromatic carbocycles. The molecule has 0 aliphatic heterocycles. The quantitative estimate of drug-likeness (QED) is 0.602. The molecule has 0 aromatic rings. The van der Waals surface area contributed by atoms with Gasteiger partial charge in [0.05, 0.1) is 13.2 Å². The van der Waals surface area contributed by atoms with Crippen molar-refractivity contribution in [1.82, 2.24) is 0 Å². The lowest BCUT2D eigenvalue weighted by Gasteiger charge is -2.24. The van der Waals surface area contributed by atoms with E-state index in [-0.39, 0.29) is 5.78 Å². The summed E-state index contributed by atoms with van der Waals surface area (Å²) in [6, 6.07) is 0. The fraction of sp³-hybridized carbons (Fsp3) is 0.900. The fourth-order valence-electron chi connectivity index (χ4n) is 1.33. The number of carbonyl (C=O) groups excluding carboxylic acids is 1. The van der Waals surface area contributed by atoms with E-state index >= 15 is 0 Å². The van der Waals surface area contributed by atoms with E-state index in [1.165, 1.54) is 11.8 Å². The van der Waals surface area contributed by atoms with Gasteiger partial charge in [-0.05, 0) is 20.1 Å². The zero-order valence-corrected chi connectivity index (χ0v) is 12.1. The van der Waals surface area contributed by atoms with Gasteiger partial charge in [-0.25, -0.2) is 0 Å². The highest BCUT2D eigenvalue weighted by Gasteiger charge is 2.39. The number of hydrogen-bond acceptors (Lipinski definition) is 5. The van der Waals surface area contributed by atoms with Crippen LogP contribution in [0.3, 0.4) is 0 Å². The maximum absolute atomic E-state index is 12.4. The molecule has 96 valence electrons. The van der Waals surface area contributed by atoms with E-state index in [0.717, 1.165) is 0 Å². The Labute approximate surface area is 102 Å². The highest BCUT2D eigenvalue weighted by molar-refractivity contribution is 7.99. The molecule has 0 radical (unpaired) electrons. The Kier molecular flexibility index (Phi) is 8.38. The van der Waals surface area contributed by atoms with Crippen LogP contribution in [-0.2, 0) is 18.4 Å². The second-order valence-corrected chi connectivity index (χ2v) is 6.30. The standard InChI is InChI=1S/C10H21O4PS/c1-5-9(11)10(8-16-4)15(12,13-6-2)14-7-3/h10H,5-8H2,1-4H3. The van der Waals surface area contributed by atoms with Gasteiger partial charge in [-0.15, -0.1) is 0 Å². The Balaban J connectivity index is 4.92. The van der Waals surface area contributed by atoms with Crippen molar-refractivity contribution in [2.75, 3.05) is 25.2 Å². The van der Waals surface area contributed by atoms with Crippen molar-refractivity contribution in [3.8, 4) is 0 Å². The summed E-state index contributed by atoms with van der Waals surface area (Å²) < 4.78 is 22.8. The maximum atomic E-state index is 12.4. The van der Waals surface area contributed by atoms with Crippen LogP contribution < -0.4 is 0 Å². The number of rotatable bonds is 9. The summed E-state index contributed by atoms with van der Waals surface area (Å²) in [7, 11) is -3.29. The van der Waals surface area contributed by atoms with E-state index in [9.17, 15) is 9.36 Å². The molecular weight excluding hydrogens is 247 g/mol. The predicted molar refractivity (Wildman–Crippen MR) is 68.3 cm³/mol. The average molecular weight is 268 g/mol. The van der Waals surface area contributed by atoms with Gasteiger partial charge in [0.25, 0.3) is 0 Å². The van der Waals surface area contributed by atoms with Crippen molar-refractivity contribution in [3.63, 3.8) is 0 Å². The van der Waals surface area contributed by atoms with Crippen LogP contribution in [0, 0.1) is 0 Å². The van der Waals surface area contributed by atoms with Gasteiger partial charge in [-0.3, -0.25) is 9.36 Å². The highest BCUT2D eigenvalue weighted by Crippen LogP contribution is 2.54. The molecular formula is C10H21O4PS. The van der Waals surface area contributed by atoms with Gasteiger partial charge < -0.3 is 9.05 Å². The first kappa shape index (κ1) is 16.2. The SMILES string of the molecule is CCOP(=O)(OCC)C(CSC)C(=O)CC. The molecule has 0 fully saturated rings. The topological polar surface area (TPSA) is 52.6 Å². The van der Waals surface area contributed by atoms with Gasteiger partial charge >= 0.3 is 7.60 Å².